The molecule has 0 spiro atoms. The van der Waals surface area contributed by atoms with Crippen LogP contribution in [0.15, 0.2) is 60.7 Å². The molecule has 1 saturated heterocycles. The van der Waals surface area contributed by atoms with Crippen molar-refractivity contribution in [2.24, 2.45) is 0 Å². The Kier molecular flexibility index (Phi) is 6.08. The van der Waals surface area contributed by atoms with Crippen LogP contribution in [0.5, 0.6) is 5.75 Å². The fourth-order valence-electron chi connectivity index (χ4n) is 3.32. The van der Waals surface area contributed by atoms with Gasteiger partial charge in [-0.15, -0.1) is 0 Å². The Balaban J connectivity index is 1.63. The zero-order chi connectivity index (χ0) is 18.2. The molecule has 0 bridgehead atoms. The summed E-state index contributed by atoms with van der Waals surface area (Å²) in [5.74, 6) is 0.721. The van der Waals surface area contributed by atoms with Gasteiger partial charge in [-0.25, -0.2) is 0 Å². The Morgan fingerprint density at radius 3 is 2.46 bits per heavy atom. The molecule has 0 saturated carbocycles. The summed E-state index contributed by atoms with van der Waals surface area (Å²) < 4.78 is 10.7. The van der Waals surface area contributed by atoms with Crippen molar-refractivity contribution >= 4 is 12.0 Å². The van der Waals surface area contributed by atoms with E-state index in [1.54, 1.807) is 13.2 Å². The smallest absolute Gasteiger partial charge is 0.244 e. The van der Waals surface area contributed by atoms with Crippen molar-refractivity contribution in [1.82, 2.24) is 5.32 Å². The van der Waals surface area contributed by atoms with E-state index in [0.29, 0.717) is 6.54 Å². The van der Waals surface area contributed by atoms with Crippen LogP contribution in [-0.2, 0) is 14.9 Å². The highest BCUT2D eigenvalue weighted by atomic mass is 16.5. The number of ether oxygens (including phenoxy) is 2. The molecule has 136 valence electrons. The summed E-state index contributed by atoms with van der Waals surface area (Å²) in [4.78, 5) is 12.3. The molecule has 0 atom stereocenters. The topological polar surface area (TPSA) is 47.6 Å². The van der Waals surface area contributed by atoms with E-state index < -0.39 is 0 Å². The van der Waals surface area contributed by atoms with Crippen LogP contribution in [-0.4, -0.2) is 32.8 Å². The second-order valence-electron chi connectivity index (χ2n) is 6.58. The molecule has 0 unspecified atom stereocenters. The van der Waals surface area contributed by atoms with Crippen molar-refractivity contribution in [1.29, 1.82) is 0 Å². The summed E-state index contributed by atoms with van der Waals surface area (Å²) in [7, 11) is 1.64. The number of methoxy groups -OCH3 is 1. The minimum Gasteiger partial charge on any atom is -0.497 e. The predicted octanol–water partition coefficient (Wildman–Crippen LogP) is 3.57. The molecule has 0 radical (unpaired) electrons. The van der Waals surface area contributed by atoms with E-state index in [-0.39, 0.29) is 11.3 Å². The highest BCUT2D eigenvalue weighted by Crippen LogP contribution is 2.34. The molecule has 1 aliphatic heterocycles. The van der Waals surface area contributed by atoms with Gasteiger partial charge in [-0.2, -0.15) is 0 Å². The third-order valence-electron chi connectivity index (χ3n) is 4.98. The van der Waals surface area contributed by atoms with Gasteiger partial charge >= 0.3 is 0 Å². The van der Waals surface area contributed by atoms with E-state index >= 15 is 0 Å². The van der Waals surface area contributed by atoms with E-state index in [1.165, 1.54) is 5.56 Å². The molecule has 3 rings (SSSR count). The highest BCUT2D eigenvalue weighted by Gasteiger charge is 2.34. The van der Waals surface area contributed by atoms with E-state index in [0.717, 1.165) is 37.4 Å². The molecule has 2 aromatic rings. The van der Waals surface area contributed by atoms with Crippen LogP contribution in [0.2, 0.25) is 0 Å². The molecule has 4 nitrogen and oxygen atoms in total. The van der Waals surface area contributed by atoms with Crippen molar-refractivity contribution in [2.75, 3.05) is 26.9 Å². The maximum absolute atomic E-state index is 12.3. The first-order chi connectivity index (χ1) is 12.7. The lowest BCUT2D eigenvalue weighted by Gasteiger charge is -2.37. The third kappa shape index (κ3) is 4.52. The van der Waals surface area contributed by atoms with Gasteiger partial charge in [-0.1, -0.05) is 42.5 Å². The number of carbonyl (C=O) groups excluding carboxylic acids is 1. The number of rotatable bonds is 6. The number of hydrogen-bond donors (Lipinski definition) is 1. The minimum absolute atomic E-state index is 0.0525. The fourth-order valence-corrected chi connectivity index (χ4v) is 3.32. The van der Waals surface area contributed by atoms with Gasteiger partial charge in [0.15, 0.2) is 0 Å². The summed E-state index contributed by atoms with van der Waals surface area (Å²) in [6.07, 6.45) is 5.23. The minimum atomic E-state index is -0.0809. The molecule has 2 aromatic carbocycles. The number of benzene rings is 2. The molecule has 4 heteroatoms. The van der Waals surface area contributed by atoms with Gasteiger partial charge in [0, 0.05) is 31.2 Å². The Labute approximate surface area is 154 Å². The second-order valence-corrected chi connectivity index (χ2v) is 6.58. The largest absolute Gasteiger partial charge is 0.497 e. The molecule has 1 N–H and O–H groups in total. The lowest BCUT2D eigenvalue weighted by molar-refractivity contribution is -0.116. The summed E-state index contributed by atoms with van der Waals surface area (Å²) >= 11 is 0. The van der Waals surface area contributed by atoms with Crippen LogP contribution < -0.4 is 10.1 Å². The lowest BCUT2D eigenvalue weighted by Crippen LogP contribution is -2.44. The van der Waals surface area contributed by atoms with Gasteiger partial charge in [-0.05, 0) is 42.2 Å². The van der Waals surface area contributed by atoms with E-state index in [2.05, 4.69) is 29.6 Å². The Morgan fingerprint density at radius 2 is 1.81 bits per heavy atom. The number of hydrogen-bond acceptors (Lipinski definition) is 3. The van der Waals surface area contributed by atoms with Gasteiger partial charge in [0.2, 0.25) is 5.91 Å². The van der Waals surface area contributed by atoms with Crippen LogP contribution in [0.3, 0.4) is 0 Å². The zero-order valence-corrected chi connectivity index (χ0v) is 15.1. The summed E-state index contributed by atoms with van der Waals surface area (Å²) in [5.41, 5.74) is 2.18. The maximum atomic E-state index is 12.3. The Hall–Kier alpha value is -2.59. The monoisotopic (exact) mass is 351 g/mol. The molecular formula is C22H25NO3. The number of amides is 1. The van der Waals surface area contributed by atoms with E-state index in [9.17, 15) is 4.79 Å². The van der Waals surface area contributed by atoms with Crippen LogP contribution in [0, 0.1) is 0 Å². The summed E-state index contributed by atoms with van der Waals surface area (Å²) in [6.45, 7) is 2.07. The van der Waals surface area contributed by atoms with Crippen LogP contribution >= 0.6 is 0 Å². The van der Waals surface area contributed by atoms with Crippen LogP contribution in [0.4, 0.5) is 0 Å². The third-order valence-corrected chi connectivity index (χ3v) is 4.98. The SMILES string of the molecule is COc1ccc(/C=C/C(=O)NCC2(c3ccccc3)CCOCC2)cc1. The molecule has 26 heavy (non-hydrogen) atoms. The standard InChI is InChI=1S/C22H25NO3/c1-25-20-10-7-18(8-11-20)9-12-21(24)23-17-22(13-15-26-16-14-22)19-5-3-2-4-6-19/h2-12H,13-17H2,1H3,(H,23,24)/b12-9+. The first-order valence-electron chi connectivity index (χ1n) is 8.95. The molecule has 1 fully saturated rings. The summed E-state index contributed by atoms with van der Waals surface area (Å²) in [5, 5.41) is 3.08. The zero-order valence-electron chi connectivity index (χ0n) is 15.1. The lowest BCUT2D eigenvalue weighted by atomic mass is 9.74. The Morgan fingerprint density at radius 1 is 1.12 bits per heavy atom. The van der Waals surface area contributed by atoms with Crippen molar-refractivity contribution < 1.29 is 14.3 Å². The maximum Gasteiger partial charge on any atom is 0.244 e. The van der Waals surface area contributed by atoms with Crippen molar-refractivity contribution in [3.63, 3.8) is 0 Å². The highest BCUT2D eigenvalue weighted by molar-refractivity contribution is 5.91. The second kappa shape index (κ2) is 8.68. The van der Waals surface area contributed by atoms with Crippen molar-refractivity contribution in [2.45, 2.75) is 18.3 Å². The number of carbonyl (C=O) groups is 1. The van der Waals surface area contributed by atoms with Gasteiger partial charge in [-0.3, -0.25) is 4.79 Å². The van der Waals surface area contributed by atoms with E-state index in [4.69, 9.17) is 9.47 Å². The molecular weight excluding hydrogens is 326 g/mol. The predicted molar refractivity (Wildman–Crippen MR) is 103 cm³/mol. The van der Waals surface area contributed by atoms with Gasteiger partial charge in [0.1, 0.15) is 5.75 Å². The number of nitrogens with one attached hydrogen (secondary N) is 1. The fraction of sp³-hybridized carbons (Fsp3) is 0.318. The molecule has 0 aliphatic carbocycles. The van der Waals surface area contributed by atoms with Gasteiger partial charge in [0.25, 0.3) is 0 Å². The van der Waals surface area contributed by atoms with E-state index in [1.807, 2.05) is 36.4 Å². The first-order valence-corrected chi connectivity index (χ1v) is 8.95. The summed E-state index contributed by atoms with van der Waals surface area (Å²) in [6, 6.07) is 18.0. The van der Waals surface area contributed by atoms with Crippen molar-refractivity contribution in [3.05, 3.63) is 71.8 Å². The molecule has 1 heterocycles. The van der Waals surface area contributed by atoms with Crippen LogP contribution in [0.25, 0.3) is 6.08 Å². The average Bonchev–Trinajstić information content (AvgIpc) is 2.72. The average molecular weight is 351 g/mol. The molecule has 0 aromatic heterocycles. The molecule has 1 amide bonds. The quantitative estimate of drug-likeness (QED) is 0.810. The van der Waals surface area contributed by atoms with Gasteiger partial charge < -0.3 is 14.8 Å². The Bertz CT molecular complexity index is 732. The normalized spacial score (nSPS) is 16.3. The van der Waals surface area contributed by atoms with Crippen LogP contribution in [0.1, 0.15) is 24.0 Å². The van der Waals surface area contributed by atoms with Crippen molar-refractivity contribution in [3.8, 4) is 5.75 Å². The molecule has 1 aliphatic rings. The van der Waals surface area contributed by atoms with Gasteiger partial charge in [0.05, 0.1) is 7.11 Å². The first kappa shape index (κ1) is 18.2.